The summed E-state index contributed by atoms with van der Waals surface area (Å²) < 4.78 is 28.1. The monoisotopic (exact) mass is 471 g/mol. The average molecular weight is 472 g/mol. The van der Waals surface area contributed by atoms with Crippen LogP contribution in [0.4, 0.5) is 8.78 Å². The molecule has 4 nitrogen and oxygen atoms in total. The van der Waals surface area contributed by atoms with Gasteiger partial charge in [-0.15, -0.1) is 0 Å². The van der Waals surface area contributed by atoms with Crippen LogP contribution in [0.15, 0.2) is 83.3 Å². The lowest BCUT2D eigenvalue weighted by Crippen LogP contribution is -2.44. The van der Waals surface area contributed by atoms with Crippen molar-refractivity contribution in [2.24, 2.45) is 0 Å². The highest BCUT2D eigenvalue weighted by atomic mass is 79.9. The van der Waals surface area contributed by atoms with Gasteiger partial charge in [-0.1, -0.05) is 64.5 Å². The molecular formula is C23H16BrF2NO3. The normalized spacial score (nSPS) is 18.6. The number of carbonyl (C=O) groups excluding carboxylic acids is 1. The van der Waals surface area contributed by atoms with Crippen LogP contribution in [-0.4, -0.2) is 16.1 Å². The van der Waals surface area contributed by atoms with Crippen LogP contribution in [-0.2, 0) is 22.0 Å². The molecule has 3 aromatic carbocycles. The largest absolute Gasteiger partial charge is 0.362 e. The maximum absolute atomic E-state index is 13.9. The lowest BCUT2D eigenvalue weighted by Gasteiger charge is -2.32. The second kappa shape index (κ2) is 8.10. The minimum absolute atomic E-state index is 0.00181. The average Bonchev–Trinajstić information content (AvgIpc) is 3.00. The molecular weight excluding hydrogens is 456 g/mol. The van der Waals surface area contributed by atoms with Gasteiger partial charge in [0.05, 0.1) is 5.57 Å². The number of benzene rings is 3. The van der Waals surface area contributed by atoms with Crippen LogP contribution in [0.5, 0.6) is 0 Å². The van der Waals surface area contributed by atoms with Crippen LogP contribution < -0.4 is 0 Å². The Morgan fingerprint density at radius 3 is 2.43 bits per heavy atom. The van der Waals surface area contributed by atoms with E-state index in [1.807, 2.05) is 18.2 Å². The zero-order chi connectivity index (χ0) is 21.3. The van der Waals surface area contributed by atoms with E-state index in [1.54, 1.807) is 36.4 Å². The fraction of sp³-hybridized carbons (Fsp3) is 0.0870. The smallest absolute Gasteiger partial charge is 0.281 e. The highest BCUT2D eigenvalue weighted by Crippen LogP contribution is 2.40. The number of aliphatic hydroxyl groups is 1. The molecule has 1 N–H and O–H groups in total. The molecule has 0 fully saturated rings. The molecule has 0 aromatic heterocycles. The van der Waals surface area contributed by atoms with Crippen molar-refractivity contribution < 1.29 is 23.5 Å². The van der Waals surface area contributed by atoms with Crippen molar-refractivity contribution in [3.05, 3.63) is 112 Å². The van der Waals surface area contributed by atoms with E-state index in [0.717, 1.165) is 27.2 Å². The summed E-state index contributed by atoms with van der Waals surface area (Å²) >= 11 is 3.36. The zero-order valence-electron chi connectivity index (χ0n) is 15.6. The van der Waals surface area contributed by atoms with Crippen molar-refractivity contribution in [1.82, 2.24) is 5.06 Å². The van der Waals surface area contributed by atoms with Crippen LogP contribution in [0.25, 0.3) is 5.57 Å². The topological polar surface area (TPSA) is 49.8 Å². The Kier molecular flexibility index (Phi) is 5.51. The molecule has 1 atom stereocenters. The van der Waals surface area contributed by atoms with E-state index in [4.69, 9.17) is 4.84 Å². The number of nitrogens with zero attached hydrogens (tertiary/aromatic N) is 1. The van der Waals surface area contributed by atoms with Gasteiger partial charge in [-0.2, -0.15) is 5.06 Å². The fourth-order valence-electron chi connectivity index (χ4n) is 3.24. The molecule has 1 heterocycles. The Morgan fingerprint density at radius 2 is 1.73 bits per heavy atom. The maximum atomic E-state index is 13.9. The number of amides is 1. The van der Waals surface area contributed by atoms with Crippen molar-refractivity contribution in [1.29, 1.82) is 0 Å². The third kappa shape index (κ3) is 3.79. The Balaban J connectivity index is 1.76. The van der Waals surface area contributed by atoms with Crippen LogP contribution in [0, 0.1) is 11.6 Å². The molecule has 0 aliphatic carbocycles. The molecule has 0 saturated heterocycles. The molecule has 3 aromatic rings. The van der Waals surface area contributed by atoms with Crippen molar-refractivity contribution in [3.8, 4) is 0 Å². The first-order valence-electron chi connectivity index (χ1n) is 9.06. The summed E-state index contributed by atoms with van der Waals surface area (Å²) in [6.07, 6.45) is 1.29. The lowest BCUT2D eigenvalue weighted by atomic mass is 10.0. The summed E-state index contributed by atoms with van der Waals surface area (Å²) in [6.45, 7) is -0.00181. The molecule has 7 heteroatoms. The van der Waals surface area contributed by atoms with Crippen LogP contribution in [0.1, 0.15) is 16.7 Å². The highest BCUT2D eigenvalue weighted by molar-refractivity contribution is 9.10. The summed E-state index contributed by atoms with van der Waals surface area (Å²) in [5.41, 5.74) is -0.655. The molecule has 152 valence electrons. The zero-order valence-corrected chi connectivity index (χ0v) is 17.1. The summed E-state index contributed by atoms with van der Waals surface area (Å²) in [5.74, 6) is -2.79. The molecule has 0 radical (unpaired) electrons. The molecule has 1 amide bonds. The Bertz CT molecular complexity index is 1140. The summed E-state index contributed by atoms with van der Waals surface area (Å²) in [7, 11) is 0. The summed E-state index contributed by atoms with van der Waals surface area (Å²) in [6, 6.07) is 19.0. The van der Waals surface area contributed by atoms with Crippen molar-refractivity contribution in [2.75, 3.05) is 0 Å². The number of hydroxylamine groups is 2. The number of carbonyl (C=O) groups is 1. The molecule has 0 spiro atoms. The molecule has 1 aliphatic heterocycles. The lowest BCUT2D eigenvalue weighted by molar-refractivity contribution is -0.262. The molecule has 4 rings (SSSR count). The third-order valence-corrected chi connectivity index (χ3v) is 5.25. The fourth-order valence-corrected chi connectivity index (χ4v) is 3.64. The molecule has 1 aliphatic rings. The molecule has 30 heavy (non-hydrogen) atoms. The van der Waals surface area contributed by atoms with Gasteiger partial charge in [0.15, 0.2) is 11.6 Å². The Hall–Kier alpha value is -2.87. The van der Waals surface area contributed by atoms with Gasteiger partial charge in [0.1, 0.15) is 6.61 Å². The van der Waals surface area contributed by atoms with Gasteiger partial charge in [0, 0.05) is 10.0 Å². The summed E-state index contributed by atoms with van der Waals surface area (Å²) in [4.78, 5) is 18.8. The van der Waals surface area contributed by atoms with Crippen molar-refractivity contribution >= 4 is 27.4 Å². The van der Waals surface area contributed by atoms with E-state index < -0.39 is 23.3 Å². The van der Waals surface area contributed by atoms with Gasteiger partial charge < -0.3 is 5.11 Å². The van der Waals surface area contributed by atoms with Crippen LogP contribution in [0.2, 0.25) is 0 Å². The number of hydrogen-bond acceptors (Lipinski definition) is 3. The second-order valence-electron chi connectivity index (χ2n) is 6.78. The quantitative estimate of drug-likeness (QED) is 0.573. The summed E-state index contributed by atoms with van der Waals surface area (Å²) in [5, 5.41) is 12.2. The van der Waals surface area contributed by atoms with E-state index in [0.29, 0.717) is 5.56 Å². The number of hydrogen-bond donors (Lipinski definition) is 1. The number of rotatable bonds is 5. The standard InChI is InChI=1S/C23H16BrF2NO3/c24-18-8-4-7-16(11-18)19-13-23(29,17-9-10-20(25)21(26)12-17)27(22(19)28)30-14-15-5-2-1-3-6-15/h1-13,29H,14H2. The maximum Gasteiger partial charge on any atom is 0.281 e. The Morgan fingerprint density at radius 1 is 0.967 bits per heavy atom. The minimum Gasteiger partial charge on any atom is -0.362 e. The first kappa shape index (κ1) is 20.4. The Labute approximate surface area is 180 Å². The van der Waals surface area contributed by atoms with Gasteiger partial charge in [0.2, 0.25) is 5.72 Å². The first-order valence-corrected chi connectivity index (χ1v) is 9.86. The number of halogens is 3. The van der Waals surface area contributed by atoms with Crippen molar-refractivity contribution in [2.45, 2.75) is 12.3 Å². The molecule has 0 saturated carbocycles. The van der Waals surface area contributed by atoms with Crippen LogP contribution in [0.3, 0.4) is 0 Å². The SMILES string of the molecule is O=C1C(c2cccc(Br)c2)=CC(O)(c2ccc(F)c(F)c2)N1OCc1ccccc1. The van der Waals surface area contributed by atoms with Gasteiger partial charge in [-0.25, -0.2) is 8.78 Å². The van der Waals surface area contributed by atoms with E-state index in [9.17, 15) is 18.7 Å². The minimum atomic E-state index is -2.11. The van der Waals surface area contributed by atoms with Gasteiger partial charge >= 0.3 is 0 Å². The van der Waals surface area contributed by atoms with Gasteiger partial charge in [-0.3, -0.25) is 9.63 Å². The van der Waals surface area contributed by atoms with E-state index in [-0.39, 0.29) is 17.7 Å². The van der Waals surface area contributed by atoms with Gasteiger partial charge in [-0.05, 0) is 41.5 Å². The van der Waals surface area contributed by atoms with E-state index >= 15 is 0 Å². The first-order chi connectivity index (χ1) is 14.4. The predicted molar refractivity (Wildman–Crippen MR) is 110 cm³/mol. The van der Waals surface area contributed by atoms with E-state index in [2.05, 4.69) is 15.9 Å². The third-order valence-electron chi connectivity index (χ3n) is 4.75. The van der Waals surface area contributed by atoms with Crippen LogP contribution >= 0.6 is 15.9 Å². The molecule has 0 bridgehead atoms. The predicted octanol–water partition coefficient (Wildman–Crippen LogP) is 4.93. The van der Waals surface area contributed by atoms with Gasteiger partial charge in [0.25, 0.3) is 5.91 Å². The van der Waals surface area contributed by atoms with Crippen molar-refractivity contribution in [3.63, 3.8) is 0 Å². The molecule has 1 unspecified atom stereocenters. The second-order valence-corrected chi connectivity index (χ2v) is 7.70. The highest BCUT2D eigenvalue weighted by Gasteiger charge is 2.47. The van der Waals surface area contributed by atoms with E-state index in [1.165, 1.54) is 12.1 Å².